The van der Waals surface area contributed by atoms with E-state index < -0.39 is 0 Å². The van der Waals surface area contributed by atoms with Crippen molar-refractivity contribution in [2.24, 2.45) is 11.8 Å². The van der Waals surface area contributed by atoms with E-state index in [1.54, 1.807) is 6.07 Å². The van der Waals surface area contributed by atoms with Crippen molar-refractivity contribution in [3.63, 3.8) is 0 Å². The highest BCUT2D eigenvalue weighted by Crippen LogP contribution is 2.52. The maximum atomic E-state index is 13.6. The smallest absolute Gasteiger partial charge is 0.326 e. The quantitative estimate of drug-likeness (QED) is 0.556. The molecule has 7 nitrogen and oxygen atoms in total. The number of nitrogens with zero attached hydrogens (tertiary/aromatic N) is 3. The van der Waals surface area contributed by atoms with E-state index in [1.807, 2.05) is 30.8 Å². The molecule has 4 aliphatic rings. The molecule has 1 aromatic carbocycles. The average Bonchev–Trinajstić information content (AvgIpc) is 3.04. The Kier molecular flexibility index (Phi) is 5.95. The highest BCUT2D eigenvalue weighted by molar-refractivity contribution is 5.96. The van der Waals surface area contributed by atoms with Crippen LogP contribution in [0.2, 0.25) is 0 Å². The Hall–Kier alpha value is -2.38. The largest absolute Gasteiger partial charge is 0.427 e. The summed E-state index contributed by atoms with van der Waals surface area (Å²) in [5, 5.41) is 4.20. The molecule has 4 bridgehead atoms. The highest BCUT2D eigenvalue weighted by atomic mass is 16.5. The molecule has 6 rings (SSSR count). The Balaban J connectivity index is 1.64. The number of carbonyl (C=O) groups is 2. The van der Waals surface area contributed by atoms with Gasteiger partial charge in [-0.15, -0.1) is 0 Å². The van der Waals surface area contributed by atoms with Crippen molar-refractivity contribution in [2.45, 2.75) is 51.5 Å². The van der Waals surface area contributed by atoms with E-state index in [4.69, 9.17) is 4.74 Å². The number of rotatable bonds is 5. The molecule has 3 fully saturated rings. The van der Waals surface area contributed by atoms with Crippen LogP contribution in [0.15, 0.2) is 18.2 Å². The summed E-state index contributed by atoms with van der Waals surface area (Å²) in [5.41, 5.74) is 3.38. The predicted molar refractivity (Wildman–Crippen MR) is 129 cm³/mol. The molecule has 2 saturated heterocycles. The summed E-state index contributed by atoms with van der Waals surface area (Å²) in [4.78, 5) is 30.0. The second kappa shape index (κ2) is 8.76. The van der Waals surface area contributed by atoms with Gasteiger partial charge in [0.2, 0.25) is 0 Å². The van der Waals surface area contributed by atoms with Crippen LogP contribution in [-0.2, 0) is 11.2 Å². The molecule has 1 aromatic heterocycles. The summed E-state index contributed by atoms with van der Waals surface area (Å²) in [6.07, 6.45) is 4.58. The maximum Gasteiger partial charge on any atom is 0.326 e. The fraction of sp³-hybridized carbons (Fsp3) is 0.615. The minimum Gasteiger partial charge on any atom is -0.427 e. The molecular weight excluding hydrogens is 416 g/mol. The van der Waals surface area contributed by atoms with Crippen molar-refractivity contribution in [2.75, 3.05) is 40.3 Å². The summed E-state index contributed by atoms with van der Waals surface area (Å²) in [7, 11) is 4.02. The molecule has 1 amide bonds. The number of likely N-dealkylation sites (N-methyl/N-ethyl adjacent to an activating group) is 1. The van der Waals surface area contributed by atoms with Gasteiger partial charge in [0.05, 0.1) is 5.52 Å². The molecule has 0 radical (unpaired) electrons. The number of nitrogens with one attached hydrogen (secondary N) is 1. The Morgan fingerprint density at radius 1 is 1.24 bits per heavy atom. The average molecular weight is 453 g/mol. The molecule has 178 valence electrons. The van der Waals surface area contributed by atoms with Gasteiger partial charge in [0.15, 0.2) is 0 Å². The van der Waals surface area contributed by atoms with Crippen molar-refractivity contribution in [3.8, 4) is 5.75 Å². The number of aromatic nitrogens is 1. The van der Waals surface area contributed by atoms with Gasteiger partial charge in [0.25, 0.3) is 0 Å². The van der Waals surface area contributed by atoms with Crippen molar-refractivity contribution in [3.05, 3.63) is 29.5 Å². The van der Waals surface area contributed by atoms with E-state index in [0.29, 0.717) is 36.1 Å². The zero-order valence-electron chi connectivity index (χ0n) is 20.3. The summed E-state index contributed by atoms with van der Waals surface area (Å²) >= 11 is 0. The number of fused-ring (bicyclic) bond motifs is 4. The molecule has 33 heavy (non-hydrogen) atoms. The van der Waals surface area contributed by atoms with E-state index in [-0.39, 0.29) is 12.0 Å². The van der Waals surface area contributed by atoms with Gasteiger partial charge in [0, 0.05) is 56.1 Å². The number of carbonyl (C=O) groups excluding carboxylic acids is 2. The van der Waals surface area contributed by atoms with Gasteiger partial charge in [-0.2, -0.15) is 0 Å². The molecule has 4 heterocycles. The fourth-order valence-corrected chi connectivity index (χ4v) is 6.74. The van der Waals surface area contributed by atoms with E-state index in [1.165, 1.54) is 37.6 Å². The fourth-order valence-electron chi connectivity index (χ4n) is 6.74. The zero-order chi connectivity index (χ0) is 23.3. The zero-order valence-corrected chi connectivity index (χ0v) is 20.3. The SMILES string of the molecule is CC[C@H]1C[C@H]2C[C@H]3c4c(c5cc(OC(C)=O)ccc5n4C(=O)NCCN(C)C)CCN(C2)C13. The van der Waals surface area contributed by atoms with E-state index in [2.05, 4.69) is 22.0 Å². The third-order valence-electron chi connectivity index (χ3n) is 7.94. The second-order valence-electron chi connectivity index (χ2n) is 10.4. The lowest BCUT2D eigenvalue weighted by Gasteiger charge is -2.53. The third kappa shape index (κ3) is 3.95. The summed E-state index contributed by atoms with van der Waals surface area (Å²) < 4.78 is 7.37. The first-order chi connectivity index (χ1) is 15.9. The van der Waals surface area contributed by atoms with Crippen LogP contribution in [0.4, 0.5) is 4.79 Å². The Labute approximate surface area is 196 Å². The van der Waals surface area contributed by atoms with E-state index in [0.717, 1.165) is 36.8 Å². The van der Waals surface area contributed by atoms with Crippen molar-refractivity contribution in [1.82, 2.24) is 19.7 Å². The van der Waals surface area contributed by atoms with Crippen LogP contribution in [0.25, 0.3) is 10.9 Å². The normalized spacial score (nSPS) is 28.0. The van der Waals surface area contributed by atoms with Crippen LogP contribution in [0.1, 0.15) is 50.3 Å². The van der Waals surface area contributed by atoms with Gasteiger partial charge in [0.1, 0.15) is 5.75 Å². The molecule has 1 aliphatic carbocycles. The number of hydrogen-bond acceptors (Lipinski definition) is 5. The van der Waals surface area contributed by atoms with Crippen LogP contribution in [0.5, 0.6) is 5.75 Å². The molecule has 0 spiro atoms. The van der Waals surface area contributed by atoms with Gasteiger partial charge in [-0.1, -0.05) is 13.3 Å². The standard InChI is InChI=1S/C26H36N4O3/c1-5-18-12-17-13-22-24(18)29(15-17)10-8-20-21-14-19(33-16(2)31)6-7-23(21)30(25(20)22)26(32)27-9-11-28(3)4/h6-7,14,17-18,22,24H,5,8-13,15H2,1-4H3,(H,27,32)/t17-,18-,22+,24?/m0/s1. The Morgan fingerprint density at radius 2 is 2.06 bits per heavy atom. The van der Waals surface area contributed by atoms with Crippen LogP contribution < -0.4 is 10.1 Å². The summed E-state index contributed by atoms with van der Waals surface area (Å²) in [5.74, 6) is 1.98. The van der Waals surface area contributed by atoms with E-state index >= 15 is 0 Å². The molecule has 1 N–H and O–H groups in total. The Bertz CT molecular complexity index is 1080. The van der Waals surface area contributed by atoms with Crippen LogP contribution in [0, 0.1) is 11.8 Å². The molecule has 1 saturated carbocycles. The molecule has 7 heteroatoms. The van der Waals surface area contributed by atoms with Crippen LogP contribution >= 0.6 is 0 Å². The topological polar surface area (TPSA) is 66.8 Å². The summed E-state index contributed by atoms with van der Waals surface area (Å²) in [6.45, 7) is 7.35. The predicted octanol–water partition coefficient (Wildman–Crippen LogP) is 3.45. The molecular formula is C26H36N4O3. The van der Waals surface area contributed by atoms with Crippen molar-refractivity contribution in [1.29, 1.82) is 0 Å². The number of ether oxygens (including phenoxy) is 1. The maximum absolute atomic E-state index is 13.6. The lowest BCUT2D eigenvalue weighted by molar-refractivity contribution is -0.131. The molecule has 3 aliphatic heterocycles. The van der Waals surface area contributed by atoms with Crippen LogP contribution in [0.3, 0.4) is 0 Å². The van der Waals surface area contributed by atoms with Crippen molar-refractivity contribution < 1.29 is 14.3 Å². The lowest BCUT2D eigenvalue weighted by Crippen LogP contribution is -2.56. The van der Waals surface area contributed by atoms with Gasteiger partial charge in [-0.25, -0.2) is 4.79 Å². The Morgan fingerprint density at radius 3 is 2.79 bits per heavy atom. The minimum atomic E-state index is -0.327. The molecule has 5 atom stereocenters. The van der Waals surface area contributed by atoms with Crippen LogP contribution in [-0.4, -0.2) is 72.7 Å². The summed E-state index contributed by atoms with van der Waals surface area (Å²) in [6, 6.07) is 6.17. The minimum absolute atomic E-state index is 0.0497. The first kappa shape index (κ1) is 22.4. The highest BCUT2D eigenvalue weighted by Gasteiger charge is 2.49. The lowest BCUT2D eigenvalue weighted by atomic mass is 9.65. The molecule has 2 unspecified atom stereocenters. The van der Waals surface area contributed by atoms with Gasteiger partial charge in [-0.3, -0.25) is 14.3 Å². The number of piperidine rings is 2. The number of amides is 1. The monoisotopic (exact) mass is 452 g/mol. The van der Waals surface area contributed by atoms with Crippen molar-refractivity contribution >= 4 is 22.9 Å². The van der Waals surface area contributed by atoms with Gasteiger partial charge >= 0.3 is 12.0 Å². The number of benzene rings is 1. The third-order valence-corrected chi connectivity index (χ3v) is 7.94. The molecule has 2 aromatic rings. The van der Waals surface area contributed by atoms with Gasteiger partial charge in [-0.05, 0) is 69.0 Å². The number of esters is 1. The van der Waals surface area contributed by atoms with Gasteiger partial charge < -0.3 is 15.0 Å². The first-order valence-electron chi connectivity index (χ1n) is 12.4. The second-order valence-corrected chi connectivity index (χ2v) is 10.4. The first-order valence-corrected chi connectivity index (χ1v) is 12.4. The van der Waals surface area contributed by atoms with E-state index in [9.17, 15) is 9.59 Å². The number of hydrogen-bond donors (Lipinski definition) is 1.